The van der Waals surface area contributed by atoms with Crippen LogP contribution in [-0.4, -0.2) is 31.1 Å². The van der Waals surface area contributed by atoms with E-state index in [0.29, 0.717) is 0 Å². The lowest BCUT2D eigenvalue weighted by atomic mass is 9.88. The SMILES string of the molecule is CCCC(C)[C@@H](c1c(F)cc(Cl)cc1F)N1CCNCC1. The van der Waals surface area contributed by atoms with Crippen LogP contribution >= 0.6 is 11.6 Å². The normalized spacial score (nSPS) is 19.5. The second kappa shape index (κ2) is 7.52. The molecule has 118 valence electrons. The maximum absolute atomic E-state index is 14.4. The first kappa shape index (κ1) is 16.7. The quantitative estimate of drug-likeness (QED) is 0.883. The Labute approximate surface area is 130 Å². The highest BCUT2D eigenvalue weighted by atomic mass is 35.5. The molecule has 0 bridgehead atoms. The zero-order valence-electron chi connectivity index (χ0n) is 12.6. The van der Waals surface area contributed by atoms with Gasteiger partial charge in [-0.3, -0.25) is 4.90 Å². The van der Waals surface area contributed by atoms with E-state index in [2.05, 4.69) is 24.1 Å². The summed E-state index contributed by atoms with van der Waals surface area (Å²) < 4.78 is 28.7. The molecule has 0 amide bonds. The number of hydrogen-bond acceptors (Lipinski definition) is 2. The first-order valence-corrected chi connectivity index (χ1v) is 8.01. The number of rotatable bonds is 5. The lowest BCUT2D eigenvalue weighted by molar-refractivity contribution is 0.120. The van der Waals surface area contributed by atoms with Crippen molar-refractivity contribution in [1.82, 2.24) is 10.2 Å². The summed E-state index contributed by atoms with van der Waals surface area (Å²) in [5.41, 5.74) is 0.169. The summed E-state index contributed by atoms with van der Waals surface area (Å²) in [6.07, 6.45) is 1.94. The molecule has 2 rings (SSSR count). The molecule has 1 heterocycles. The Kier molecular flexibility index (Phi) is 5.97. The monoisotopic (exact) mass is 316 g/mol. The number of nitrogens with one attached hydrogen (secondary N) is 1. The Morgan fingerprint density at radius 2 is 1.81 bits per heavy atom. The van der Waals surface area contributed by atoms with Gasteiger partial charge in [0.2, 0.25) is 0 Å². The molecule has 1 saturated heterocycles. The third kappa shape index (κ3) is 3.93. The molecule has 2 atom stereocenters. The second-order valence-electron chi connectivity index (χ2n) is 5.78. The first-order valence-electron chi connectivity index (χ1n) is 7.63. The molecular formula is C16H23ClF2N2. The average Bonchev–Trinajstić information content (AvgIpc) is 2.43. The van der Waals surface area contributed by atoms with Gasteiger partial charge in [-0.1, -0.05) is 31.9 Å². The molecule has 0 aromatic heterocycles. The molecule has 1 aromatic rings. The van der Waals surface area contributed by atoms with Crippen LogP contribution in [0.25, 0.3) is 0 Å². The molecule has 5 heteroatoms. The zero-order chi connectivity index (χ0) is 15.4. The highest BCUT2D eigenvalue weighted by Gasteiger charge is 2.31. The van der Waals surface area contributed by atoms with Crippen molar-refractivity contribution < 1.29 is 8.78 Å². The second-order valence-corrected chi connectivity index (χ2v) is 6.22. The molecule has 1 aliphatic heterocycles. The minimum atomic E-state index is -0.536. The van der Waals surface area contributed by atoms with Crippen LogP contribution in [0.5, 0.6) is 0 Å². The molecule has 2 nitrogen and oxygen atoms in total. The summed E-state index contributed by atoms with van der Waals surface area (Å²) in [5, 5.41) is 3.39. The van der Waals surface area contributed by atoms with Gasteiger partial charge in [-0.05, 0) is 24.5 Å². The Morgan fingerprint density at radius 1 is 1.24 bits per heavy atom. The van der Waals surface area contributed by atoms with E-state index in [1.54, 1.807) is 0 Å². The number of benzene rings is 1. The predicted molar refractivity (Wildman–Crippen MR) is 82.6 cm³/mol. The van der Waals surface area contributed by atoms with Gasteiger partial charge < -0.3 is 5.32 Å². The van der Waals surface area contributed by atoms with E-state index in [-0.39, 0.29) is 22.5 Å². The van der Waals surface area contributed by atoms with E-state index in [1.807, 2.05) is 0 Å². The van der Waals surface area contributed by atoms with Crippen molar-refractivity contribution in [3.8, 4) is 0 Å². The third-order valence-electron chi connectivity index (χ3n) is 4.17. The largest absolute Gasteiger partial charge is 0.314 e. The lowest BCUT2D eigenvalue weighted by Gasteiger charge is -2.39. The molecule has 0 aliphatic carbocycles. The smallest absolute Gasteiger partial charge is 0.132 e. The standard InChI is InChI=1S/C16H23ClF2N2/c1-3-4-11(2)16(21-7-5-20-6-8-21)15-13(18)9-12(17)10-14(15)19/h9-11,16,20H,3-8H2,1-2H3/t11?,16-/m0/s1. The number of hydrogen-bond donors (Lipinski definition) is 1. The fourth-order valence-corrected chi connectivity index (χ4v) is 3.43. The Balaban J connectivity index is 2.38. The van der Waals surface area contributed by atoms with Crippen molar-refractivity contribution in [2.24, 2.45) is 5.92 Å². The van der Waals surface area contributed by atoms with Crippen LogP contribution in [0.1, 0.15) is 38.3 Å². The highest BCUT2D eigenvalue weighted by molar-refractivity contribution is 6.30. The molecule has 0 spiro atoms. The Bertz CT molecular complexity index is 452. The van der Waals surface area contributed by atoms with Gasteiger partial charge in [0.1, 0.15) is 11.6 Å². The van der Waals surface area contributed by atoms with Gasteiger partial charge in [-0.15, -0.1) is 0 Å². The van der Waals surface area contributed by atoms with E-state index in [0.717, 1.165) is 39.0 Å². The summed E-state index contributed by atoms with van der Waals surface area (Å²) >= 11 is 5.75. The Morgan fingerprint density at radius 3 is 2.33 bits per heavy atom. The van der Waals surface area contributed by atoms with Crippen molar-refractivity contribution in [2.75, 3.05) is 26.2 Å². The number of nitrogens with zero attached hydrogens (tertiary/aromatic N) is 1. The fourth-order valence-electron chi connectivity index (χ4n) is 3.24. The molecule has 21 heavy (non-hydrogen) atoms. The van der Waals surface area contributed by atoms with Crippen molar-refractivity contribution in [3.05, 3.63) is 34.4 Å². The molecule has 1 aliphatic rings. The fraction of sp³-hybridized carbons (Fsp3) is 0.625. The zero-order valence-corrected chi connectivity index (χ0v) is 13.4. The molecule has 0 radical (unpaired) electrons. The topological polar surface area (TPSA) is 15.3 Å². The summed E-state index contributed by atoms with van der Waals surface area (Å²) in [4.78, 5) is 2.19. The van der Waals surface area contributed by atoms with Crippen LogP contribution in [0, 0.1) is 17.6 Å². The Hall–Kier alpha value is -0.710. The minimum absolute atomic E-state index is 0.107. The van der Waals surface area contributed by atoms with Crippen molar-refractivity contribution in [3.63, 3.8) is 0 Å². The van der Waals surface area contributed by atoms with E-state index in [4.69, 9.17) is 11.6 Å². The molecule has 1 unspecified atom stereocenters. The molecule has 1 N–H and O–H groups in total. The van der Waals surface area contributed by atoms with Gasteiger partial charge >= 0.3 is 0 Å². The van der Waals surface area contributed by atoms with E-state index < -0.39 is 11.6 Å². The summed E-state index contributed by atoms with van der Waals surface area (Å²) in [6, 6.07) is 2.20. The van der Waals surface area contributed by atoms with E-state index >= 15 is 0 Å². The van der Waals surface area contributed by atoms with Crippen molar-refractivity contribution in [1.29, 1.82) is 0 Å². The van der Waals surface area contributed by atoms with Crippen LogP contribution in [-0.2, 0) is 0 Å². The van der Waals surface area contributed by atoms with Gasteiger partial charge in [0.05, 0.1) is 0 Å². The molecule has 1 aromatic carbocycles. The number of piperazine rings is 1. The van der Waals surface area contributed by atoms with Gasteiger partial charge in [0.15, 0.2) is 0 Å². The van der Waals surface area contributed by atoms with Crippen LogP contribution < -0.4 is 5.32 Å². The molecular weight excluding hydrogens is 294 g/mol. The summed E-state index contributed by atoms with van der Waals surface area (Å²) in [5.74, 6) is -0.878. The average molecular weight is 317 g/mol. The molecule has 1 fully saturated rings. The lowest BCUT2D eigenvalue weighted by Crippen LogP contribution is -2.47. The van der Waals surface area contributed by atoms with Crippen molar-refractivity contribution in [2.45, 2.75) is 32.7 Å². The number of halogens is 3. The maximum atomic E-state index is 14.4. The van der Waals surface area contributed by atoms with E-state index in [9.17, 15) is 8.78 Å². The van der Waals surface area contributed by atoms with Crippen molar-refractivity contribution >= 4 is 11.6 Å². The van der Waals surface area contributed by atoms with Crippen LogP contribution in [0.4, 0.5) is 8.78 Å². The summed E-state index contributed by atoms with van der Waals surface area (Å²) in [7, 11) is 0. The van der Waals surface area contributed by atoms with Crippen LogP contribution in [0.2, 0.25) is 5.02 Å². The van der Waals surface area contributed by atoms with Gasteiger partial charge in [0.25, 0.3) is 0 Å². The maximum Gasteiger partial charge on any atom is 0.132 e. The van der Waals surface area contributed by atoms with Gasteiger partial charge in [0, 0.05) is 42.8 Å². The highest BCUT2D eigenvalue weighted by Crippen LogP contribution is 2.36. The van der Waals surface area contributed by atoms with Crippen LogP contribution in [0.15, 0.2) is 12.1 Å². The summed E-state index contributed by atoms with van der Waals surface area (Å²) in [6.45, 7) is 7.49. The molecule has 0 saturated carbocycles. The first-order chi connectivity index (χ1) is 10.0. The van der Waals surface area contributed by atoms with Gasteiger partial charge in [-0.2, -0.15) is 0 Å². The predicted octanol–water partition coefficient (Wildman–Crippen LogP) is 4.00. The minimum Gasteiger partial charge on any atom is -0.314 e. The van der Waals surface area contributed by atoms with Gasteiger partial charge in [-0.25, -0.2) is 8.78 Å². The van der Waals surface area contributed by atoms with Crippen LogP contribution in [0.3, 0.4) is 0 Å². The van der Waals surface area contributed by atoms with E-state index in [1.165, 1.54) is 12.1 Å². The third-order valence-corrected chi connectivity index (χ3v) is 4.39.